The highest BCUT2D eigenvalue weighted by Gasteiger charge is 2.28. The van der Waals surface area contributed by atoms with E-state index in [0.717, 1.165) is 18.7 Å². The van der Waals surface area contributed by atoms with Crippen molar-refractivity contribution >= 4 is 5.91 Å². The molecule has 0 bridgehead atoms. The topological polar surface area (TPSA) is 76.2 Å². The predicted molar refractivity (Wildman–Crippen MR) is 76.8 cm³/mol. The number of carbonyl (C=O) groups excluding carboxylic acids is 1. The first-order chi connectivity index (χ1) is 10.1. The molecule has 0 aliphatic carbocycles. The van der Waals surface area contributed by atoms with Gasteiger partial charge in [-0.05, 0) is 13.8 Å². The lowest BCUT2D eigenvalue weighted by Crippen LogP contribution is -2.52. The lowest BCUT2D eigenvalue weighted by Gasteiger charge is -2.33. The van der Waals surface area contributed by atoms with Crippen LogP contribution >= 0.6 is 0 Å². The summed E-state index contributed by atoms with van der Waals surface area (Å²) < 4.78 is 7.31. The molecule has 21 heavy (non-hydrogen) atoms. The van der Waals surface area contributed by atoms with Crippen molar-refractivity contribution in [1.29, 1.82) is 0 Å². The molecule has 2 aromatic heterocycles. The highest BCUT2D eigenvalue weighted by Crippen LogP contribution is 2.22. The van der Waals surface area contributed by atoms with Gasteiger partial charge in [0.05, 0.1) is 11.8 Å². The molecule has 112 valence electrons. The van der Waals surface area contributed by atoms with E-state index in [9.17, 15) is 4.79 Å². The number of piperazine rings is 1. The average molecular weight is 289 g/mol. The molecule has 7 nitrogen and oxygen atoms in total. The van der Waals surface area contributed by atoms with Gasteiger partial charge in [-0.2, -0.15) is 5.10 Å². The van der Waals surface area contributed by atoms with Gasteiger partial charge >= 0.3 is 0 Å². The normalized spacial score (nSPS) is 19.0. The third kappa shape index (κ3) is 2.56. The van der Waals surface area contributed by atoms with Gasteiger partial charge in [0.2, 0.25) is 5.89 Å². The fourth-order valence-corrected chi connectivity index (χ4v) is 2.53. The van der Waals surface area contributed by atoms with Crippen LogP contribution in [-0.2, 0) is 7.05 Å². The van der Waals surface area contributed by atoms with E-state index in [0.29, 0.717) is 23.9 Å². The quantitative estimate of drug-likeness (QED) is 0.885. The summed E-state index contributed by atoms with van der Waals surface area (Å²) in [7, 11) is 1.83. The molecule has 7 heteroatoms. The van der Waals surface area contributed by atoms with Crippen LogP contribution in [0.2, 0.25) is 0 Å². The Balaban J connectivity index is 1.88. The van der Waals surface area contributed by atoms with Crippen LogP contribution < -0.4 is 5.32 Å². The van der Waals surface area contributed by atoms with Crippen molar-refractivity contribution in [3.8, 4) is 11.5 Å². The second-order valence-corrected chi connectivity index (χ2v) is 5.38. The molecule has 0 aromatic carbocycles. The molecule has 0 radical (unpaired) electrons. The summed E-state index contributed by atoms with van der Waals surface area (Å²) in [5, 5.41) is 7.36. The Kier molecular flexibility index (Phi) is 3.50. The Morgan fingerprint density at radius 1 is 1.52 bits per heavy atom. The van der Waals surface area contributed by atoms with Crippen LogP contribution in [0.1, 0.15) is 23.2 Å². The van der Waals surface area contributed by atoms with Crippen LogP contribution in [0.15, 0.2) is 16.8 Å². The average Bonchev–Trinajstić information content (AvgIpc) is 3.05. The van der Waals surface area contributed by atoms with Crippen LogP contribution in [0.3, 0.4) is 0 Å². The molecule has 1 atom stereocenters. The van der Waals surface area contributed by atoms with Crippen LogP contribution in [0.25, 0.3) is 11.5 Å². The van der Waals surface area contributed by atoms with Crippen molar-refractivity contribution in [3.63, 3.8) is 0 Å². The third-order valence-corrected chi connectivity index (χ3v) is 3.71. The third-order valence-electron chi connectivity index (χ3n) is 3.71. The standard InChI is InChI=1S/C14H19N5O2/c1-9-6-15-4-5-19(9)14(20)12-10(2)21-13(17-12)11-7-16-18(3)8-11/h7-9,15H,4-6H2,1-3H3/t9-/m0/s1. The van der Waals surface area contributed by atoms with E-state index in [4.69, 9.17) is 4.42 Å². The van der Waals surface area contributed by atoms with E-state index in [-0.39, 0.29) is 11.9 Å². The fourth-order valence-electron chi connectivity index (χ4n) is 2.53. The Morgan fingerprint density at radius 3 is 3.00 bits per heavy atom. The Bertz CT molecular complexity index is 660. The lowest BCUT2D eigenvalue weighted by atomic mass is 10.2. The van der Waals surface area contributed by atoms with Gasteiger partial charge in [-0.3, -0.25) is 9.48 Å². The van der Waals surface area contributed by atoms with E-state index >= 15 is 0 Å². The number of nitrogens with zero attached hydrogens (tertiary/aromatic N) is 4. The number of aryl methyl sites for hydroxylation is 2. The van der Waals surface area contributed by atoms with Crippen LogP contribution in [0, 0.1) is 6.92 Å². The van der Waals surface area contributed by atoms with Crippen LogP contribution in [-0.4, -0.2) is 51.2 Å². The number of oxazole rings is 1. The first kappa shape index (κ1) is 13.8. The molecule has 1 aliphatic heterocycles. The van der Waals surface area contributed by atoms with Gasteiger partial charge in [0.15, 0.2) is 5.69 Å². The van der Waals surface area contributed by atoms with E-state index in [1.165, 1.54) is 0 Å². The first-order valence-electron chi connectivity index (χ1n) is 7.04. The summed E-state index contributed by atoms with van der Waals surface area (Å²) in [6.07, 6.45) is 3.49. The van der Waals surface area contributed by atoms with E-state index in [2.05, 4.69) is 15.4 Å². The van der Waals surface area contributed by atoms with E-state index < -0.39 is 0 Å². The molecule has 0 saturated carbocycles. The summed E-state index contributed by atoms with van der Waals surface area (Å²) in [6, 6.07) is 0.157. The molecule has 1 aliphatic rings. The minimum absolute atomic E-state index is 0.0691. The van der Waals surface area contributed by atoms with Crippen molar-refractivity contribution in [2.45, 2.75) is 19.9 Å². The van der Waals surface area contributed by atoms with E-state index in [1.54, 1.807) is 17.8 Å². The number of rotatable bonds is 2. The summed E-state index contributed by atoms with van der Waals surface area (Å²) in [6.45, 7) is 6.10. The van der Waals surface area contributed by atoms with Gasteiger partial charge < -0.3 is 14.6 Å². The Labute approximate surface area is 122 Å². The molecule has 0 spiro atoms. The maximum absolute atomic E-state index is 12.6. The van der Waals surface area contributed by atoms with E-state index in [1.807, 2.05) is 25.1 Å². The maximum atomic E-state index is 12.6. The van der Waals surface area contributed by atoms with Crippen LogP contribution in [0.5, 0.6) is 0 Å². The molecule has 1 N–H and O–H groups in total. The predicted octanol–water partition coefficient (Wildman–Crippen LogP) is 0.817. The minimum atomic E-state index is -0.0691. The number of hydrogen-bond donors (Lipinski definition) is 1. The van der Waals surface area contributed by atoms with Gasteiger partial charge in [0, 0.05) is 38.9 Å². The van der Waals surface area contributed by atoms with Gasteiger partial charge in [-0.15, -0.1) is 0 Å². The SMILES string of the molecule is Cc1oc(-c2cnn(C)c2)nc1C(=O)N1CCNC[C@@H]1C. The molecular weight excluding hydrogens is 270 g/mol. The fraction of sp³-hybridized carbons (Fsp3) is 0.500. The summed E-state index contributed by atoms with van der Waals surface area (Å²) >= 11 is 0. The largest absolute Gasteiger partial charge is 0.440 e. The van der Waals surface area contributed by atoms with Crippen molar-refractivity contribution in [3.05, 3.63) is 23.8 Å². The second-order valence-electron chi connectivity index (χ2n) is 5.38. The lowest BCUT2D eigenvalue weighted by molar-refractivity contribution is 0.0648. The second kappa shape index (κ2) is 5.33. The Hall–Kier alpha value is -2.15. The minimum Gasteiger partial charge on any atom is -0.440 e. The molecule has 1 fully saturated rings. The van der Waals surface area contributed by atoms with Gasteiger partial charge in [0.25, 0.3) is 5.91 Å². The zero-order chi connectivity index (χ0) is 15.0. The molecule has 1 amide bonds. The van der Waals surface area contributed by atoms with Crippen molar-refractivity contribution in [2.75, 3.05) is 19.6 Å². The highest BCUT2D eigenvalue weighted by molar-refractivity contribution is 5.94. The van der Waals surface area contributed by atoms with Gasteiger partial charge in [-0.1, -0.05) is 0 Å². The van der Waals surface area contributed by atoms with Gasteiger partial charge in [-0.25, -0.2) is 4.98 Å². The van der Waals surface area contributed by atoms with Crippen molar-refractivity contribution in [1.82, 2.24) is 25.0 Å². The number of carbonyl (C=O) groups is 1. The number of aromatic nitrogens is 3. The molecule has 3 heterocycles. The number of amides is 1. The van der Waals surface area contributed by atoms with Gasteiger partial charge in [0.1, 0.15) is 5.76 Å². The summed E-state index contributed by atoms with van der Waals surface area (Å²) in [5.74, 6) is 0.914. The zero-order valence-corrected chi connectivity index (χ0v) is 12.5. The number of nitrogens with one attached hydrogen (secondary N) is 1. The smallest absolute Gasteiger partial charge is 0.276 e. The molecule has 3 rings (SSSR count). The molecule has 0 unspecified atom stereocenters. The molecule has 1 saturated heterocycles. The number of hydrogen-bond acceptors (Lipinski definition) is 5. The molecular formula is C14H19N5O2. The zero-order valence-electron chi connectivity index (χ0n) is 12.5. The highest BCUT2D eigenvalue weighted by atomic mass is 16.4. The van der Waals surface area contributed by atoms with Crippen molar-refractivity contribution in [2.24, 2.45) is 7.05 Å². The molecule has 2 aromatic rings. The van der Waals surface area contributed by atoms with Crippen molar-refractivity contribution < 1.29 is 9.21 Å². The van der Waals surface area contributed by atoms with Crippen LogP contribution in [0.4, 0.5) is 0 Å². The Morgan fingerprint density at radius 2 is 2.33 bits per heavy atom. The summed E-state index contributed by atoms with van der Waals surface area (Å²) in [5.41, 5.74) is 1.16. The first-order valence-corrected chi connectivity index (χ1v) is 7.04. The maximum Gasteiger partial charge on any atom is 0.276 e. The monoisotopic (exact) mass is 289 g/mol. The summed E-state index contributed by atoms with van der Waals surface area (Å²) in [4.78, 5) is 18.8.